The van der Waals surface area contributed by atoms with Crippen LogP contribution in [0.15, 0.2) is 15.8 Å². The van der Waals surface area contributed by atoms with E-state index in [1.165, 1.54) is 4.57 Å². The van der Waals surface area contributed by atoms with Crippen LogP contribution >= 0.6 is 0 Å². The van der Waals surface area contributed by atoms with Crippen LogP contribution in [0.1, 0.15) is 66.2 Å². The second-order valence-corrected chi connectivity index (χ2v) is 10.0. The molecule has 0 radical (unpaired) electrons. The number of hydrogen-bond acceptors (Lipinski definition) is 5. The number of nitrogens with zero attached hydrogens (tertiary/aromatic N) is 1. The molecule has 2 saturated heterocycles. The van der Waals surface area contributed by atoms with Gasteiger partial charge in [-0.15, -0.1) is 0 Å². The highest BCUT2D eigenvalue weighted by Gasteiger charge is 2.61. The highest BCUT2D eigenvalue weighted by atomic mass is 16.6. The van der Waals surface area contributed by atoms with Gasteiger partial charge >= 0.3 is 5.69 Å². The lowest BCUT2D eigenvalue weighted by Gasteiger charge is -2.44. The molecule has 2 aliphatic rings. The molecule has 0 saturated carbocycles. The normalized spacial score (nSPS) is 31.3. The zero-order valence-electron chi connectivity index (χ0n) is 17.4. The van der Waals surface area contributed by atoms with Crippen LogP contribution in [0.3, 0.4) is 0 Å². The Morgan fingerprint density at radius 2 is 1.93 bits per heavy atom. The molecule has 2 fully saturated rings. The molecule has 152 valence electrons. The van der Waals surface area contributed by atoms with E-state index in [4.69, 9.17) is 14.2 Å². The Kier molecular flexibility index (Phi) is 4.94. The fourth-order valence-electron chi connectivity index (χ4n) is 4.24. The first-order valence-electron chi connectivity index (χ1n) is 9.61. The van der Waals surface area contributed by atoms with E-state index in [2.05, 4.69) is 25.8 Å². The van der Waals surface area contributed by atoms with Crippen molar-refractivity contribution in [2.45, 2.75) is 90.9 Å². The molecule has 4 atom stereocenters. The Morgan fingerprint density at radius 1 is 1.26 bits per heavy atom. The third-order valence-electron chi connectivity index (χ3n) is 5.02. The molecule has 7 heteroatoms. The SMILES string of the molecule is Cc1cn([C@@H]2O[C@@]3(CC(C)(C)C)CCOC2C3OC(C)(C)C)c(=O)[nH]c1=O. The average molecular weight is 380 g/mol. The summed E-state index contributed by atoms with van der Waals surface area (Å²) in [6.07, 6.45) is 1.70. The first kappa shape index (κ1) is 20.3. The summed E-state index contributed by atoms with van der Waals surface area (Å²) in [6.45, 7) is 14.8. The highest BCUT2D eigenvalue weighted by Crippen LogP contribution is 2.51. The zero-order valence-corrected chi connectivity index (χ0v) is 17.4. The first-order valence-corrected chi connectivity index (χ1v) is 9.61. The number of aromatic nitrogens is 2. The average Bonchev–Trinajstić information content (AvgIpc) is 2.64. The molecule has 2 unspecified atom stereocenters. The van der Waals surface area contributed by atoms with Gasteiger partial charge in [-0.05, 0) is 39.5 Å². The molecular formula is C20H32N2O5. The molecule has 1 N–H and O–H groups in total. The third-order valence-corrected chi connectivity index (χ3v) is 5.02. The van der Waals surface area contributed by atoms with E-state index in [9.17, 15) is 9.59 Å². The van der Waals surface area contributed by atoms with Gasteiger partial charge in [0, 0.05) is 18.2 Å². The fraction of sp³-hybridized carbons (Fsp3) is 0.800. The minimum atomic E-state index is -0.634. The van der Waals surface area contributed by atoms with E-state index in [1.807, 2.05) is 20.8 Å². The number of nitrogens with one attached hydrogen (secondary N) is 1. The number of fused-ring (bicyclic) bond motifs is 2. The van der Waals surface area contributed by atoms with Gasteiger partial charge in [0.05, 0.1) is 12.2 Å². The van der Waals surface area contributed by atoms with Gasteiger partial charge in [-0.25, -0.2) is 4.79 Å². The Labute approximate surface area is 160 Å². The lowest BCUT2D eigenvalue weighted by molar-refractivity contribution is -0.195. The van der Waals surface area contributed by atoms with Crippen LogP contribution in [0.2, 0.25) is 0 Å². The topological polar surface area (TPSA) is 82.6 Å². The monoisotopic (exact) mass is 380 g/mol. The molecule has 0 aromatic carbocycles. The molecule has 0 aliphatic carbocycles. The number of H-pyrrole nitrogens is 1. The Bertz CT molecular complexity index is 813. The molecule has 3 rings (SSSR count). The van der Waals surface area contributed by atoms with E-state index >= 15 is 0 Å². The van der Waals surface area contributed by atoms with Crippen molar-refractivity contribution < 1.29 is 14.2 Å². The zero-order chi connectivity index (χ0) is 20.2. The van der Waals surface area contributed by atoms with E-state index < -0.39 is 23.6 Å². The van der Waals surface area contributed by atoms with Crippen molar-refractivity contribution in [3.8, 4) is 0 Å². The molecule has 27 heavy (non-hydrogen) atoms. The molecular weight excluding hydrogens is 348 g/mol. The molecule has 1 aromatic heterocycles. The molecule has 7 nitrogen and oxygen atoms in total. The van der Waals surface area contributed by atoms with E-state index in [0.29, 0.717) is 18.6 Å². The molecule has 2 aliphatic heterocycles. The minimum absolute atomic E-state index is 0.0160. The highest BCUT2D eigenvalue weighted by molar-refractivity contribution is 5.09. The maximum absolute atomic E-state index is 12.5. The van der Waals surface area contributed by atoms with Crippen molar-refractivity contribution in [2.75, 3.05) is 6.61 Å². The number of hydrogen-bond donors (Lipinski definition) is 1. The summed E-state index contributed by atoms with van der Waals surface area (Å²) in [7, 11) is 0. The van der Waals surface area contributed by atoms with Gasteiger partial charge in [-0.2, -0.15) is 0 Å². The molecule has 2 bridgehead atoms. The first-order chi connectivity index (χ1) is 12.3. The van der Waals surface area contributed by atoms with Crippen molar-refractivity contribution in [1.29, 1.82) is 0 Å². The van der Waals surface area contributed by atoms with Gasteiger partial charge in [0.15, 0.2) is 6.23 Å². The van der Waals surface area contributed by atoms with Gasteiger partial charge in [0.25, 0.3) is 5.56 Å². The number of aryl methyl sites for hydroxylation is 1. The minimum Gasteiger partial charge on any atom is -0.371 e. The predicted octanol–water partition coefficient (Wildman–Crippen LogP) is 2.52. The molecule has 1 aromatic rings. The van der Waals surface area contributed by atoms with Gasteiger partial charge in [-0.3, -0.25) is 14.3 Å². The number of rotatable bonds is 3. The second-order valence-electron chi connectivity index (χ2n) is 10.0. The number of aromatic amines is 1. The Morgan fingerprint density at radius 3 is 2.52 bits per heavy atom. The van der Waals surface area contributed by atoms with E-state index in [0.717, 1.165) is 6.42 Å². The van der Waals surface area contributed by atoms with Crippen LogP contribution in [0, 0.1) is 12.3 Å². The lowest BCUT2D eigenvalue weighted by atomic mass is 9.76. The fourth-order valence-corrected chi connectivity index (χ4v) is 4.24. The van der Waals surface area contributed by atoms with Gasteiger partial charge in [0.1, 0.15) is 17.8 Å². The van der Waals surface area contributed by atoms with Gasteiger partial charge in [0.2, 0.25) is 0 Å². The van der Waals surface area contributed by atoms with Crippen LogP contribution in [0.4, 0.5) is 0 Å². The van der Waals surface area contributed by atoms with Crippen LogP contribution in [-0.4, -0.2) is 39.6 Å². The third kappa shape index (κ3) is 4.05. The van der Waals surface area contributed by atoms with Gasteiger partial charge < -0.3 is 14.2 Å². The van der Waals surface area contributed by atoms with Crippen molar-refractivity contribution in [1.82, 2.24) is 9.55 Å². The lowest BCUT2D eigenvalue weighted by Crippen LogP contribution is -2.54. The van der Waals surface area contributed by atoms with Crippen LogP contribution < -0.4 is 11.2 Å². The van der Waals surface area contributed by atoms with Gasteiger partial charge in [-0.1, -0.05) is 20.8 Å². The molecule has 0 spiro atoms. The summed E-state index contributed by atoms with van der Waals surface area (Å²) in [5, 5.41) is 0. The Balaban J connectivity index is 2.07. The standard InChI is InChI=1S/C20H32N2O5/c1-12-10-22(17(24)21-15(12)23)16-13-14(26-19(5,6)7)20(27-16,8-9-25-13)11-18(2,3)4/h10,13-14,16H,8-9,11H2,1-7H3,(H,21,23,24)/t13?,14?,16-,20-/m1/s1. The summed E-state index contributed by atoms with van der Waals surface area (Å²) >= 11 is 0. The van der Waals surface area contributed by atoms with Crippen LogP contribution in [0.25, 0.3) is 0 Å². The summed E-state index contributed by atoms with van der Waals surface area (Å²) in [4.78, 5) is 26.6. The molecule has 0 amide bonds. The quantitative estimate of drug-likeness (QED) is 0.871. The van der Waals surface area contributed by atoms with Crippen LogP contribution in [0.5, 0.6) is 0 Å². The predicted molar refractivity (Wildman–Crippen MR) is 102 cm³/mol. The number of ether oxygens (including phenoxy) is 3. The van der Waals surface area contributed by atoms with Crippen molar-refractivity contribution in [3.63, 3.8) is 0 Å². The van der Waals surface area contributed by atoms with Crippen molar-refractivity contribution >= 4 is 0 Å². The maximum atomic E-state index is 12.5. The summed E-state index contributed by atoms with van der Waals surface area (Å²) in [6, 6.07) is 0. The largest absolute Gasteiger partial charge is 0.371 e. The maximum Gasteiger partial charge on any atom is 0.330 e. The van der Waals surface area contributed by atoms with Crippen molar-refractivity contribution in [2.24, 2.45) is 5.41 Å². The Hall–Kier alpha value is -1.44. The van der Waals surface area contributed by atoms with Crippen molar-refractivity contribution in [3.05, 3.63) is 32.6 Å². The summed E-state index contributed by atoms with van der Waals surface area (Å²) in [5.41, 5.74) is -1.32. The summed E-state index contributed by atoms with van der Waals surface area (Å²) in [5.74, 6) is 0. The van der Waals surface area contributed by atoms with Crippen LogP contribution in [-0.2, 0) is 14.2 Å². The smallest absolute Gasteiger partial charge is 0.330 e. The second kappa shape index (κ2) is 6.57. The van der Waals surface area contributed by atoms with E-state index in [1.54, 1.807) is 13.1 Å². The summed E-state index contributed by atoms with van der Waals surface area (Å²) < 4.78 is 20.5. The van der Waals surface area contributed by atoms with E-state index in [-0.39, 0.29) is 22.7 Å². The molecule has 3 heterocycles.